The van der Waals surface area contributed by atoms with Crippen molar-refractivity contribution in [1.29, 1.82) is 0 Å². The second-order valence-electron chi connectivity index (χ2n) is 6.37. The highest BCUT2D eigenvalue weighted by Gasteiger charge is 2.23. The van der Waals surface area contributed by atoms with Gasteiger partial charge in [0.05, 0.1) is 27.3 Å². The molecule has 148 valence electrons. The van der Waals surface area contributed by atoms with Crippen molar-refractivity contribution in [2.45, 2.75) is 0 Å². The van der Waals surface area contributed by atoms with E-state index in [4.69, 9.17) is 46.4 Å². The first-order chi connectivity index (χ1) is 13.3. The number of nitrogens with zero attached hydrogens (tertiary/aromatic N) is 2. The summed E-state index contributed by atoms with van der Waals surface area (Å²) in [5, 5.41) is 4.30. The molecule has 1 saturated heterocycles. The molecular formula is C19H17Cl4N3O2. The molecule has 2 amide bonds. The average molecular weight is 461 g/mol. The van der Waals surface area contributed by atoms with Crippen LogP contribution in [0.2, 0.25) is 20.1 Å². The molecule has 1 heterocycles. The lowest BCUT2D eigenvalue weighted by Crippen LogP contribution is -2.50. The van der Waals surface area contributed by atoms with Crippen molar-refractivity contribution in [3.8, 4) is 0 Å². The van der Waals surface area contributed by atoms with Gasteiger partial charge in [0.2, 0.25) is 5.91 Å². The van der Waals surface area contributed by atoms with Gasteiger partial charge in [-0.05, 0) is 36.4 Å². The number of benzene rings is 2. The molecule has 9 heteroatoms. The van der Waals surface area contributed by atoms with Crippen LogP contribution < -0.4 is 5.32 Å². The second-order valence-corrected chi connectivity index (χ2v) is 8.03. The summed E-state index contributed by atoms with van der Waals surface area (Å²) in [6.07, 6.45) is 0. The van der Waals surface area contributed by atoms with E-state index in [9.17, 15) is 9.59 Å². The molecule has 1 aliphatic heterocycles. The highest BCUT2D eigenvalue weighted by molar-refractivity contribution is 6.44. The van der Waals surface area contributed by atoms with Crippen LogP contribution in [0, 0.1) is 0 Å². The van der Waals surface area contributed by atoms with Gasteiger partial charge in [-0.3, -0.25) is 14.5 Å². The lowest BCUT2D eigenvalue weighted by Gasteiger charge is -2.34. The number of hydrogen-bond acceptors (Lipinski definition) is 3. The summed E-state index contributed by atoms with van der Waals surface area (Å²) in [7, 11) is 0. The molecule has 0 aliphatic carbocycles. The molecule has 2 aromatic rings. The predicted octanol–water partition coefficient (Wildman–Crippen LogP) is 4.70. The first kappa shape index (κ1) is 21.2. The molecule has 0 aromatic heterocycles. The summed E-state index contributed by atoms with van der Waals surface area (Å²) in [6, 6.07) is 9.83. The van der Waals surface area contributed by atoms with E-state index in [0.29, 0.717) is 57.5 Å². The van der Waals surface area contributed by atoms with E-state index in [1.807, 2.05) is 4.90 Å². The molecular weight excluding hydrogens is 444 g/mol. The van der Waals surface area contributed by atoms with E-state index < -0.39 is 0 Å². The minimum Gasteiger partial charge on any atom is -0.336 e. The molecule has 0 bridgehead atoms. The Bertz CT molecular complexity index is 881. The van der Waals surface area contributed by atoms with E-state index in [1.54, 1.807) is 29.2 Å². The molecule has 1 N–H and O–H groups in total. The van der Waals surface area contributed by atoms with Gasteiger partial charge in [0.25, 0.3) is 5.91 Å². The minimum atomic E-state index is -0.210. The predicted molar refractivity (Wildman–Crippen MR) is 114 cm³/mol. The number of nitrogens with one attached hydrogen (secondary N) is 1. The molecule has 1 fully saturated rings. The van der Waals surface area contributed by atoms with E-state index in [-0.39, 0.29) is 18.4 Å². The summed E-state index contributed by atoms with van der Waals surface area (Å²) < 4.78 is 0. The molecule has 0 radical (unpaired) electrons. The maximum atomic E-state index is 12.5. The number of amides is 2. The van der Waals surface area contributed by atoms with Gasteiger partial charge in [0.1, 0.15) is 0 Å². The molecule has 28 heavy (non-hydrogen) atoms. The number of rotatable bonds is 4. The van der Waals surface area contributed by atoms with Crippen molar-refractivity contribution in [3.63, 3.8) is 0 Å². The Labute approximate surface area is 183 Å². The summed E-state index contributed by atoms with van der Waals surface area (Å²) >= 11 is 23.8. The number of piperazine rings is 1. The standard InChI is InChI=1S/C19H17Cl4N3O2/c20-13-3-1-12(2-4-13)19(28)26-7-5-25(6-8-26)11-18(27)24-17-10-15(22)14(21)9-16(17)23/h1-4,9-10H,5-8,11H2,(H,24,27). The van der Waals surface area contributed by atoms with Crippen LogP contribution in [-0.2, 0) is 4.79 Å². The van der Waals surface area contributed by atoms with Crippen molar-refractivity contribution in [2.75, 3.05) is 38.0 Å². The van der Waals surface area contributed by atoms with E-state index in [1.165, 1.54) is 12.1 Å². The minimum absolute atomic E-state index is 0.0386. The van der Waals surface area contributed by atoms with Crippen LogP contribution in [0.25, 0.3) is 0 Å². The first-order valence-corrected chi connectivity index (χ1v) is 10.1. The zero-order chi connectivity index (χ0) is 20.3. The fraction of sp³-hybridized carbons (Fsp3) is 0.263. The SMILES string of the molecule is O=C(CN1CCN(C(=O)c2ccc(Cl)cc2)CC1)Nc1cc(Cl)c(Cl)cc1Cl. The monoisotopic (exact) mass is 459 g/mol. The Morgan fingerprint density at radius 3 is 2.11 bits per heavy atom. The topological polar surface area (TPSA) is 52.7 Å². The van der Waals surface area contributed by atoms with Crippen LogP contribution in [-0.4, -0.2) is 54.3 Å². The molecule has 5 nitrogen and oxygen atoms in total. The smallest absolute Gasteiger partial charge is 0.253 e. The van der Waals surface area contributed by atoms with Crippen LogP contribution in [0.3, 0.4) is 0 Å². The van der Waals surface area contributed by atoms with Crippen molar-refractivity contribution < 1.29 is 9.59 Å². The molecule has 2 aromatic carbocycles. The third-order valence-electron chi connectivity index (χ3n) is 4.40. The lowest BCUT2D eigenvalue weighted by molar-refractivity contribution is -0.117. The highest BCUT2D eigenvalue weighted by Crippen LogP contribution is 2.32. The Hall–Kier alpha value is -1.50. The van der Waals surface area contributed by atoms with Crippen molar-refractivity contribution >= 4 is 63.9 Å². The molecule has 1 aliphatic rings. The van der Waals surface area contributed by atoms with Gasteiger partial charge in [-0.1, -0.05) is 46.4 Å². The molecule has 0 atom stereocenters. The van der Waals surface area contributed by atoms with E-state index in [2.05, 4.69) is 5.32 Å². The zero-order valence-corrected chi connectivity index (χ0v) is 17.7. The second kappa shape index (κ2) is 9.33. The Morgan fingerprint density at radius 2 is 1.46 bits per heavy atom. The van der Waals surface area contributed by atoms with Gasteiger partial charge >= 0.3 is 0 Å². The maximum absolute atomic E-state index is 12.5. The lowest BCUT2D eigenvalue weighted by atomic mass is 10.2. The van der Waals surface area contributed by atoms with Crippen LogP contribution in [0.4, 0.5) is 5.69 Å². The molecule has 0 unspecified atom stereocenters. The third-order valence-corrected chi connectivity index (χ3v) is 5.69. The average Bonchev–Trinajstić information content (AvgIpc) is 2.67. The van der Waals surface area contributed by atoms with Crippen LogP contribution >= 0.6 is 46.4 Å². The fourth-order valence-electron chi connectivity index (χ4n) is 2.90. The van der Waals surface area contributed by atoms with Crippen LogP contribution in [0.15, 0.2) is 36.4 Å². The normalized spacial score (nSPS) is 14.8. The van der Waals surface area contributed by atoms with Crippen molar-refractivity contribution in [3.05, 3.63) is 62.1 Å². The summed E-state index contributed by atoms with van der Waals surface area (Å²) in [5.74, 6) is -0.249. The van der Waals surface area contributed by atoms with E-state index >= 15 is 0 Å². The summed E-state index contributed by atoms with van der Waals surface area (Å²) in [5.41, 5.74) is 1.02. The zero-order valence-electron chi connectivity index (χ0n) is 14.7. The molecule has 0 saturated carbocycles. The Balaban J connectivity index is 1.51. The van der Waals surface area contributed by atoms with Gasteiger partial charge in [0.15, 0.2) is 0 Å². The van der Waals surface area contributed by atoms with E-state index in [0.717, 1.165) is 0 Å². The quantitative estimate of drug-likeness (QED) is 0.673. The molecule has 3 rings (SSSR count). The van der Waals surface area contributed by atoms with Gasteiger partial charge < -0.3 is 10.2 Å². The van der Waals surface area contributed by atoms with Gasteiger partial charge in [-0.2, -0.15) is 0 Å². The van der Waals surface area contributed by atoms with Crippen molar-refractivity contribution in [1.82, 2.24) is 9.80 Å². The first-order valence-electron chi connectivity index (χ1n) is 8.55. The van der Waals surface area contributed by atoms with Gasteiger partial charge in [-0.15, -0.1) is 0 Å². The summed E-state index contributed by atoms with van der Waals surface area (Å²) in [4.78, 5) is 28.6. The largest absolute Gasteiger partial charge is 0.336 e. The van der Waals surface area contributed by atoms with Gasteiger partial charge in [0, 0.05) is 36.8 Å². The molecule has 0 spiro atoms. The van der Waals surface area contributed by atoms with Crippen LogP contribution in [0.1, 0.15) is 10.4 Å². The summed E-state index contributed by atoms with van der Waals surface area (Å²) in [6.45, 7) is 2.48. The number of anilines is 1. The maximum Gasteiger partial charge on any atom is 0.253 e. The Kier molecular flexibility index (Phi) is 7.07. The number of hydrogen-bond donors (Lipinski definition) is 1. The number of carbonyl (C=O) groups excluding carboxylic acids is 2. The van der Waals surface area contributed by atoms with Crippen molar-refractivity contribution in [2.24, 2.45) is 0 Å². The highest BCUT2D eigenvalue weighted by atomic mass is 35.5. The Morgan fingerprint density at radius 1 is 0.857 bits per heavy atom. The van der Waals surface area contributed by atoms with Crippen LogP contribution in [0.5, 0.6) is 0 Å². The third kappa shape index (κ3) is 5.31. The fourth-order valence-corrected chi connectivity index (χ4v) is 3.62. The number of carbonyl (C=O) groups is 2. The number of halogens is 4. The van der Waals surface area contributed by atoms with Gasteiger partial charge in [-0.25, -0.2) is 0 Å².